The van der Waals surface area contributed by atoms with Crippen molar-refractivity contribution in [2.45, 2.75) is 65.3 Å². The van der Waals surface area contributed by atoms with E-state index in [4.69, 9.17) is 15.6 Å². The first kappa shape index (κ1) is 23.4. The molecule has 0 radical (unpaired) electrons. The number of carbonyl (C=O) groups is 1. The van der Waals surface area contributed by atoms with Crippen LogP contribution in [0.2, 0.25) is 0 Å². The largest absolute Gasteiger partial charge is 0.496 e. The number of methoxy groups -OCH3 is 1. The molecule has 1 heterocycles. The Kier molecular flexibility index (Phi) is 8.41. The molecule has 8 heteroatoms. The number of nitrogen functional groups attached to an aromatic ring is 1. The van der Waals surface area contributed by atoms with Gasteiger partial charge in [0.2, 0.25) is 5.95 Å². The number of hydroxylamine groups is 1. The highest BCUT2D eigenvalue weighted by molar-refractivity contribution is 5.70. The van der Waals surface area contributed by atoms with E-state index in [-0.39, 0.29) is 18.4 Å². The van der Waals surface area contributed by atoms with Gasteiger partial charge in [-0.05, 0) is 37.0 Å². The monoisotopic (exact) mass is 416 g/mol. The van der Waals surface area contributed by atoms with Crippen LogP contribution in [0.3, 0.4) is 0 Å². The molecule has 0 fully saturated rings. The minimum Gasteiger partial charge on any atom is -0.496 e. The molecule has 2 aromatic rings. The molecule has 0 saturated carbocycles. The van der Waals surface area contributed by atoms with E-state index in [2.05, 4.69) is 16.9 Å². The van der Waals surface area contributed by atoms with Gasteiger partial charge in [0.1, 0.15) is 5.75 Å². The van der Waals surface area contributed by atoms with E-state index in [0.717, 1.165) is 36.8 Å². The summed E-state index contributed by atoms with van der Waals surface area (Å²) in [6.07, 6.45) is 4.00. The van der Waals surface area contributed by atoms with E-state index in [9.17, 15) is 10.0 Å². The number of nitrogens with zero attached hydrogens (tertiary/aromatic N) is 3. The Morgan fingerprint density at radius 3 is 2.63 bits per heavy atom. The number of carboxylic acids is 1. The maximum Gasteiger partial charge on any atom is 0.307 e. The normalized spacial score (nSPS) is 11.9. The van der Waals surface area contributed by atoms with E-state index >= 15 is 0 Å². The molecule has 0 amide bonds. The van der Waals surface area contributed by atoms with Crippen molar-refractivity contribution < 1.29 is 19.8 Å². The van der Waals surface area contributed by atoms with Crippen LogP contribution in [-0.4, -0.2) is 39.4 Å². The lowest BCUT2D eigenvalue weighted by Gasteiger charge is -2.28. The van der Waals surface area contributed by atoms with E-state index in [1.54, 1.807) is 19.2 Å². The Morgan fingerprint density at radius 1 is 1.30 bits per heavy atom. The topological polar surface area (TPSA) is 122 Å². The number of carboxylic acid groups (broad SMARTS) is 1. The summed E-state index contributed by atoms with van der Waals surface area (Å²) in [7, 11) is 1.55. The summed E-state index contributed by atoms with van der Waals surface area (Å²) < 4.78 is 5.49. The van der Waals surface area contributed by atoms with Crippen molar-refractivity contribution >= 4 is 17.7 Å². The van der Waals surface area contributed by atoms with Crippen LogP contribution >= 0.6 is 0 Å². The Hall–Kier alpha value is -2.87. The summed E-state index contributed by atoms with van der Waals surface area (Å²) in [5.74, 6) is 0.195. The number of nitrogens with two attached hydrogens (primary N) is 1. The van der Waals surface area contributed by atoms with Crippen molar-refractivity contribution in [3.63, 3.8) is 0 Å². The third kappa shape index (κ3) is 5.82. The summed E-state index contributed by atoms with van der Waals surface area (Å²) in [5.41, 5.74) is 8.82. The molecule has 0 aliphatic rings. The van der Waals surface area contributed by atoms with Crippen molar-refractivity contribution in [3.8, 4) is 5.75 Å². The van der Waals surface area contributed by atoms with Crippen LogP contribution in [0.5, 0.6) is 5.75 Å². The molecule has 1 aromatic heterocycles. The molecule has 4 N–H and O–H groups in total. The van der Waals surface area contributed by atoms with E-state index in [1.165, 1.54) is 5.06 Å². The number of aliphatic carboxylic acids is 1. The molecule has 0 saturated heterocycles. The van der Waals surface area contributed by atoms with Crippen LogP contribution in [0.25, 0.3) is 0 Å². The van der Waals surface area contributed by atoms with Crippen LogP contribution < -0.4 is 15.5 Å². The average Bonchev–Trinajstić information content (AvgIpc) is 2.70. The summed E-state index contributed by atoms with van der Waals surface area (Å²) in [6, 6.07) is 5.26. The number of aromatic nitrogens is 2. The third-order valence-electron chi connectivity index (χ3n) is 5.21. The smallest absolute Gasteiger partial charge is 0.307 e. The zero-order valence-electron chi connectivity index (χ0n) is 18.2. The zero-order chi connectivity index (χ0) is 22.3. The highest BCUT2D eigenvalue weighted by atomic mass is 16.5. The lowest BCUT2D eigenvalue weighted by atomic mass is 9.99. The van der Waals surface area contributed by atoms with Crippen LogP contribution in [-0.2, 0) is 17.6 Å². The van der Waals surface area contributed by atoms with Crippen molar-refractivity contribution in [2.24, 2.45) is 0 Å². The zero-order valence-corrected chi connectivity index (χ0v) is 18.2. The first-order valence-corrected chi connectivity index (χ1v) is 10.3. The SMILES string of the molecule is CCCCC(CC)N(O)c1nc(N)nc(C)c1Cc1ccc(CC(=O)O)cc1OC. The Morgan fingerprint density at radius 2 is 2.03 bits per heavy atom. The molecule has 164 valence electrons. The Bertz CT molecular complexity index is 872. The second-order valence-corrected chi connectivity index (χ2v) is 7.41. The van der Waals surface area contributed by atoms with Crippen LogP contribution in [0.1, 0.15) is 61.9 Å². The number of hydrogen-bond donors (Lipinski definition) is 3. The molecule has 1 atom stereocenters. The second kappa shape index (κ2) is 10.8. The highest BCUT2D eigenvalue weighted by Gasteiger charge is 2.23. The summed E-state index contributed by atoms with van der Waals surface area (Å²) in [5, 5.41) is 21.2. The molecular weight excluding hydrogens is 384 g/mol. The van der Waals surface area contributed by atoms with Crippen molar-refractivity contribution in [2.75, 3.05) is 17.9 Å². The first-order chi connectivity index (χ1) is 14.3. The van der Waals surface area contributed by atoms with Gasteiger partial charge in [-0.3, -0.25) is 10.0 Å². The highest BCUT2D eigenvalue weighted by Crippen LogP contribution is 2.30. The van der Waals surface area contributed by atoms with Crippen molar-refractivity contribution in [1.29, 1.82) is 0 Å². The fourth-order valence-electron chi connectivity index (χ4n) is 3.52. The number of anilines is 2. The van der Waals surface area contributed by atoms with Crippen LogP contribution in [0.4, 0.5) is 11.8 Å². The molecular formula is C22H32N4O4. The van der Waals surface area contributed by atoms with Crippen molar-refractivity contribution in [3.05, 3.63) is 40.6 Å². The Labute approximate surface area is 177 Å². The fourth-order valence-corrected chi connectivity index (χ4v) is 3.52. The van der Waals surface area contributed by atoms with Gasteiger partial charge in [0, 0.05) is 17.7 Å². The van der Waals surface area contributed by atoms with E-state index in [0.29, 0.717) is 29.2 Å². The van der Waals surface area contributed by atoms with Gasteiger partial charge < -0.3 is 15.6 Å². The standard InChI is InChI=1S/C22H32N4O4/c1-5-7-8-17(6-2)26(29)21-18(14(3)24-22(23)25-21)13-16-10-9-15(12-20(27)28)11-19(16)30-4/h9-11,17,29H,5-8,12-13H2,1-4H3,(H,27,28)(H2,23,24,25). The molecule has 1 aromatic carbocycles. The van der Waals surface area contributed by atoms with Gasteiger partial charge in [-0.25, -0.2) is 10.0 Å². The van der Waals surface area contributed by atoms with Crippen molar-refractivity contribution in [1.82, 2.24) is 9.97 Å². The van der Waals surface area contributed by atoms with Gasteiger partial charge in [0.25, 0.3) is 0 Å². The van der Waals surface area contributed by atoms with E-state index in [1.807, 2.05) is 19.9 Å². The number of unbranched alkanes of at least 4 members (excludes halogenated alkanes) is 1. The predicted octanol–water partition coefficient (Wildman–Crippen LogP) is 3.76. The molecule has 0 spiro atoms. The van der Waals surface area contributed by atoms with Gasteiger partial charge in [-0.15, -0.1) is 0 Å². The van der Waals surface area contributed by atoms with Crippen LogP contribution in [0, 0.1) is 6.92 Å². The maximum absolute atomic E-state index is 11.0. The predicted molar refractivity (Wildman–Crippen MR) is 116 cm³/mol. The summed E-state index contributed by atoms with van der Waals surface area (Å²) in [4.78, 5) is 19.6. The van der Waals surface area contributed by atoms with Gasteiger partial charge >= 0.3 is 5.97 Å². The molecule has 30 heavy (non-hydrogen) atoms. The first-order valence-electron chi connectivity index (χ1n) is 10.3. The second-order valence-electron chi connectivity index (χ2n) is 7.41. The van der Waals surface area contributed by atoms with E-state index < -0.39 is 5.97 Å². The summed E-state index contributed by atoms with van der Waals surface area (Å²) in [6.45, 7) is 5.99. The van der Waals surface area contributed by atoms with Gasteiger partial charge in [-0.2, -0.15) is 4.98 Å². The lowest BCUT2D eigenvalue weighted by Crippen LogP contribution is -2.34. The molecule has 0 aliphatic heterocycles. The number of ether oxygens (including phenoxy) is 1. The fraction of sp³-hybridized carbons (Fsp3) is 0.500. The van der Waals surface area contributed by atoms with Gasteiger partial charge in [0.05, 0.1) is 19.6 Å². The third-order valence-corrected chi connectivity index (χ3v) is 5.21. The molecule has 1 unspecified atom stereocenters. The van der Waals surface area contributed by atoms with Crippen LogP contribution in [0.15, 0.2) is 18.2 Å². The number of hydrogen-bond acceptors (Lipinski definition) is 7. The minimum absolute atomic E-state index is 0.0720. The molecule has 2 rings (SSSR count). The molecule has 8 nitrogen and oxygen atoms in total. The Balaban J connectivity index is 2.43. The number of rotatable bonds is 11. The molecule has 0 aliphatic carbocycles. The van der Waals surface area contributed by atoms with Gasteiger partial charge in [-0.1, -0.05) is 38.8 Å². The maximum atomic E-state index is 11.0. The average molecular weight is 417 g/mol. The molecule has 0 bridgehead atoms. The van der Waals surface area contributed by atoms with Gasteiger partial charge in [0.15, 0.2) is 5.82 Å². The quantitative estimate of drug-likeness (QED) is 0.473. The summed E-state index contributed by atoms with van der Waals surface area (Å²) >= 11 is 0. The lowest BCUT2D eigenvalue weighted by molar-refractivity contribution is -0.136. The minimum atomic E-state index is -0.900. The number of aryl methyl sites for hydroxylation is 1. The number of benzene rings is 1.